The van der Waals surface area contributed by atoms with Crippen LogP contribution in [0.5, 0.6) is 0 Å². The Balaban J connectivity index is 1.70. The third-order valence-electron chi connectivity index (χ3n) is 2.71. The number of hydrogen-bond donors (Lipinski definition) is 0. The molecule has 0 bridgehead atoms. The van der Waals surface area contributed by atoms with Gasteiger partial charge in [0.25, 0.3) is 0 Å². The molecule has 0 N–H and O–H groups in total. The van der Waals surface area contributed by atoms with Gasteiger partial charge in [0.1, 0.15) is 6.61 Å². The summed E-state index contributed by atoms with van der Waals surface area (Å²) in [7, 11) is 0. The van der Waals surface area contributed by atoms with E-state index in [1.54, 1.807) is 11.8 Å². The van der Waals surface area contributed by atoms with Gasteiger partial charge in [0.2, 0.25) is 0 Å². The van der Waals surface area contributed by atoms with Crippen molar-refractivity contribution in [1.29, 1.82) is 0 Å². The van der Waals surface area contributed by atoms with Crippen LogP contribution in [0.2, 0.25) is 5.02 Å². The molecule has 0 saturated heterocycles. The number of carbonyl (C=O) groups excluding carboxylic acids is 1. The summed E-state index contributed by atoms with van der Waals surface area (Å²) in [5.74, 6) is 0.459. The summed E-state index contributed by atoms with van der Waals surface area (Å²) < 4.78 is 6.24. The Hall–Kier alpha value is -0.970. The standard InChI is InChI=1S/C16H14BrClO2S/c17-13-7-5-12(6-8-13)11-20-16(19)9-10-21-15-4-2-1-3-14(15)18/h1-8H,9-11H2. The van der Waals surface area contributed by atoms with Crippen molar-refractivity contribution < 1.29 is 9.53 Å². The Morgan fingerprint density at radius 2 is 1.86 bits per heavy atom. The Morgan fingerprint density at radius 1 is 1.14 bits per heavy atom. The van der Waals surface area contributed by atoms with Gasteiger partial charge in [0, 0.05) is 15.1 Å². The lowest BCUT2D eigenvalue weighted by molar-refractivity contribution is -0.144. The lowest BCUT2D eigenvalue weighted by atomic mass is 10.2. The lowest BCUT2D eigenvalue weighted by Crippen LogP contribution is -2.05. The second-order valence-electron chi connectivity index (χ2n) is 4.32. The predicted molar refractivity (Wildman–Crippen MR) is 90.7 cm³/mol. The van der Waals surface area contributed by atoms with Crippen LogP contribution in [0.25, 0.3) is 0 Å². The molecule has 0 radical (unpaired) electrons. The Kier molecular flexibility index (Phi) is 6.61. The molecule has 0 aliphatic heterocycles. The Bertz CT molecular complexity index is 601. The fourth-order valence-corrected chi connectivity index (χ4v) is 3.06. The largest absolute Gasteiger partial charge is 0.461 e. The molecule has 110 valence electrons. The van der Waals surface area contributed by atoms with E-state index in [2.05, 4.69) is 15.9 Å². The molecule has 0 aliphatic carbocycles. The highest BCUT2D eigenvalue weighted by molar-refractivity contribution is 9.10. The first kappa shape index (κ1) is 16.4. The molecule has 2 nitrogen and oxygen atoms in total. The van der Waals surface area contributed by atoms with Gasteiger partial charge in [-0.3, -0.25) is 4.79 Å². The van der Waals surface area contributed by atoms with Gasteiger partial charge in [-0.2, -0.15) is 0 Å². The molecule has 2 aromatic rings. The summed E-state index contributed by atoms with van der Waals surface area (Å²) in [6.07, 6.45) is 0.367. The second-order valence-corrected chi connectivity index (χ2v) is 6.78. The van der Waals surface area contributed by atoms with Gasteiger partial charge in [0.05, 0.1) is 11.4 Å². The van der Waals surface area contributed by atoms with Crippen LogP contribution in [-0.4, -0.2) is 11.7 Å². The van der Waals surface area contributed by atoms with E-state index in [1.807, 2.05) is 48.5 Å². The normalized spacial score (nSPS) is 10.4. The van der Waals surface area contributed by atoms with Crippen LogP contribution in [0.3, 0.4) is 0 Å². The quantitative estimate of drug-likeness (QED) is 0.497. The molecule has 0 aliphatic rings. The highest BCUT2D eigenvalue weighted by atomic mass is 79.9. The van der Waals surface area contributed by atoms with E-state index < -0.39 is 0 Å². The smallest absolute Gasteiger partial charge is 0.306 e. The fourth-order valence-electron chi connectivity index (χ4n) is 1.62. The first-order valence-electron chi connectivity index (χ1n) is 6.42. The van der Waals surface area contributed by atoms with Crippen molar-refractivity contribution in [1.82, 2.24) is 0 Å². The maximum atomic E-state index is 11.7. The maximum absolute atomic E-state index is 11.7. The van der Waals surface area contributed by atoms with Crippen molar-refractivity contribution in [3.05, 3.63) is 63.6 Å². The summed E-state index contributed by atoms with van der Waals surface area (Å²) in [5, 5.41) is 0.714. The van der Waals surface area contributed by atoms with E-state index in [-0.39, 0.29) is 5.97 Å². The van der Waals surface area contributed by atoms with Crippen LogP contribution >= 0.6 is 39.3 Å². The highest BCUT2D eigenvalue weighted by Crippen LogP contribution is 2.27. The fraction of sp³-hybridized carbons (Fsp3) is 0.188. The third-order valence-corrected chi connectivity index (χ3v) is 4.76. The second kappa shape index (κ2) is 8.47. The number of thioether (sulfide) groups is 1. The summed E-state index contributed by atoms with van der Waals surface area (Å²) >= 11 is 11.0. The first-order valence-corrected chi connectivity index (χ1v) is 8.58. The molecule has 0 unspecified atom stereocenters. The molecule has 0 saturated carbocycles. The average Bonchev–Trinajstić information content (AvgIpc) is 2.49. The molecule has 0 heterocycles. The van der Waals surface area contributed by atoms with Gasteiger partial charge < -0.3 is 4.74 Å². The monoisotopic (exact) mass is 384 g/mol. The van der Waals surface area contributed by atoms with Gasteiger partial charge in [0.15, 0.2) is 0 Å². The molecule has 0 amide bonds. The van der Waals surface area contributed by atoms with E-state index in [0.717, 1.165) is 14.9 Å². The summed E-state index contributed by atoms with van der Waals surface area (Å²) in [5.41, 5.74) is 0.977. The minimum Gasteiger partial charge on any atom is -0.461 e. The number of carbonyl (C=O) groups is 1. The molecule has 0 fully saturated rings. The van der Waals surface area contributed by atoms with Crippen molar-refractivity contribution in [2.45, 2.75) is 17.9 Å². The van der Waals surface area contributed by atoms with Gasteiger partial charge >= 0.3 is 5.97 Å². The zero-order valence-electron chi connectivity index (χ0n) is 11.2. The molecular formula is C16H14BrClO2S. The van der Waals surface area contributed by atoms with Crippen LogP contribution < -0.4 is 0 Å². The van der Waals surface area contributed by atoms with Crippen LogP contribution in [-0.2, 0) is 16.1 Å². The minimum atomic E-state index is -0.197. The van der Waals surface area contributed by atoms with Crippen LogP contribution in [0, 0.1) is 0 Å². The molecule has 5 heteroatoms. The van der Waals surface area contributed by atoms with Crippen molar-refractivity contribution >= 4 is 45.3 Å². The number of halogens is 2. The first-order chi connectivity index (χ1) is 10.1. The van der Waals surface area contributed by atoms with Crippen molar-refractivity contribution in [2.24, 2.45) is 0 Å². The zero-order valence-corrected chi connectivity index (χ0v) is 14.4. The molecular weight excluding hydrogens is 372 g/mol. The van der Waals surface area contributed by atoms with E-state index in [0.29, 0.717) is 23.8 Å². The molecule has 0 spiro atoms. The molecule has 2 aromatic carbocycles. The number of rotatable bonds is 6. The van der Waals surface area contributed by atoms with Crippen molar-refractivity contribution in [3.63, 3.8) is 0 Å². The lowest BCUT2D eigenvalue weighted by Gasteiger charge is -2.06. The number of ether oxygens (including phenoxy) is 1. The summed E-state index contributed by atoms with van der Waals surface area (Å²) in [6, 6.07) is 15.3. The van der Waals surface area contributed by atoms with Gasteiger partial charge in [-0.05, 0) is 29.8 Å². The van der Waals surface area contributed by atoms with E-state index in [9.17, 15) is 4.79 Å². The number of esters is 1. The zero-order chi connectivity index (χ0) is 15.1. The topological polar surface area (TPSA) is 26.3 Å². The SMILES string of the molecule is O=C(CCSc1ccccc1Cl)OCc1ccc(Br)cc1. The summed E-state index contributed by atoms with van der Waals surface area (Å²) in [6.45, 7) is 0.308. The van der Waals surface area contributed by atoms with Gasteiger partial charge in [-0.25, -0.2) is 0 Å². The number of hydrogen-bond acceptors (Lipinski definition) is 3. The van der Waals surface area contributed by atoms with Crippen LogP contribution in [0.15, 0.2) is 57.9 Å². The highest BCUT2D eigenvalue weighted by Gasteiger charge is 2.05. The van der Waals surface area contributed by atoms with Gasteiger partial charge in [-0.15, -0.1) is 11.8 Å². The molecule has 0 aromatic heterocycles. The third kappa shape index (κ3) is 5.73. The molecule has 0 atom stereocenters. The molecule has 21 heavy (non-hydrogen) atoms. The average molecular weight is 386 g/mol. The van der Waals surface area contributed by atoms with Crippen molar-refractivity contribution in [3.8, 4) is 0 Å². The maximum Gasteiger partial charge on any atom is 0.306 e. The van der Waals surface area contributed by atoms with Crippen molar-refractivity contribution in [2.75, 3.05) is 5.75 Å². The summed E-state index contributed by atoms with van der Waals surface area (Å²) in [4.78, 5) is 12.7. The predicted octanol–water partition coefficient (Wildman–Crippen LogP) is 5.33. The van der Waals surface area contributed by atoms with Gasteiger partial charge in [-0.1, -0.05) is 51.8 Å². The van der Waals surface area contributed by atoms with E-state index >= 15 is 0 Å². The van der Waals surface area contributed by atoms with Crippen LogP contribution in [0.4, 0.5) is 0 Å². The van der Waals surface area contributed by atoms with E-state index in [4.69, 9.17) is 16.3 Å². The minimum absolute atomic E-state index is 0.197. The Labute approximate surface area is 142 Å². The Morgan fingerprint density at radius 3 is 2.57 bits per heavy atom. The van der Waals surface area contributed by atoms with E-state index in [1.165, 1.54) is 0 Å². The molecule has 2 rings (SSSR count). The number of benzene rings is 2. The van der Waals surface area contributed by atoms with Crippen LogP contribution in [0.1, 0.15) is 12.0 Å².